The third kappa shape index (κ3) is 3.29. The summed E-state index contributed by atoms with van der Waals surface area (Å²) >= 11 is 14.4. The first-order chi connectivity index (χ1) is 9.56. The minimum absolute atomic E-state index is 0.0365. The van der Waals surface area contributed by atoms with Crippen molar-refractivity contribution in [3.63, 3.8) is 0 Å². The second-order valence-corrected chi connectivity index (χ2v) is 6.54. The number of halogens is 2. The highest BCUT2D eigenvalue weighted by atomic mass is 35.5. The van der Waals surface area contributed by atoms with E-state index in [4.69, 9.17) is 27.9 Å². The van der Waals surface area contributed by atoms with Crippen LogP contribution in [0.25, 0.3) is 0 Å². The second-order valence-electron chi connectivity index (χ2n) is 4.41. The molecule has 20 heavy (non-hydrogen) atoms. The van der Waals surface area contributed by atoms with Gasteiger partial charge in [0.05, 0.1) is 17.7 Å². The molecule has 0 spiro atoms. The van der Waals surface area contributed by atoms with Gasteiger partial charge in [0.1, 0.15) is 5.75 Å². The van der Waals surface area contributed by atoms with E-state index >= 15 is 0 Å². The van der Waals surface area contributed by atoms with Crippen LogP contribution in [0.4, 0.5) is 0 Å². The van der Waals surface area contributed by atoms with Crippen LogP contribution >= 0.6 is 34.5 Å². The van der Waals surface area contributed by atoms with Crippen LogP contribution in [0.1, 0.15) is 28.3 Å². The van der Waals surface area contributed by atoms with Crippen molar-refractivity contribution in [2.75, 3.05) is 13.7 Å². The lowest BCUT2D eigenvalue weighted by Gasteiger charge is -2.18. The maximum absolute atomic E-state index is 6.39. The average molecular weight is 330 g/mol. The molecular formula is C15H17Cl2NOS. The zero-order valence-electron chi connectivity index (χ0n) is 11.7. The van der Waals surface area contributed by atoms with E-state index in [1.54, 1.807) is 17.4 Å². The van der Waals surface area contributed by atoms with Crippen molar-refractivity contribution in [3.05, 3.63) is 49.6 Å². The van der Waals surface area contributed by atoms with Crippen LogP contribution in [-0.4, -0.2) is 13.7 Å². The molecule has 0 aliphatic heterocycles. The topological polar surface area (TPSA) is 21.3 Å². The zero-order valence-corrected chi connectivity index (χ0v) is 14.0. The van der Waals surface area contributed by atoms with Gasteiger partial charge in [0.2, 0.25) is 0 Å². The molecule has 0 radical (unpaired) electrons. The van der Waals surface area contributed by atoms with Crippen LogP contribution in [0.2, 0.25) is 10.0 Å². The van der Waals surface area contributed by atoms with Gasteiger partial charge in [0.25, 0.3) is 0 Å². The SMILES string of the molecule is CCOc1cc(Cl)c(C(NC)c2ccc(C)s2)cc1Cl. The van der Waals surface area contributed by atoms with Crippen molar-refractivity contribution in [2.45, 2.75) is 19.9 Å². The summed E-state index contributed by atoms with van der Waals surface area (Å²) in [5.41, 5.74) is 0.962. The summed E-state index contributed by atoms with van der Waals surface area (Å²) in [4.78, 5) is 2.49. The first kappa shape index (κ1) is 15.6. The standard InChI is InChI=1S/C15H17Cl2NOS/c1-4-19-13-8-11(16)10(7-12(13)17)15(18-3)14-6-5-9(2)20-14/h5-8,15,18H,4H2,1-3H3. The summed E-state index contributed by atoms with van der Waals surface area (Å²) in [6.45, 7) is 4.58. The number of hydrogen-bond donors (Lipinski definition) is 1. The Kier molecular flexibility index (Phi) is 5.33. The van der Waals surface area contributed by atoms with E-state index in [-0.39, 0.29) is 6.04 Å². The monoisotopic (exact) mass is 329 g/mol. The van der Waals surface area contributed by atoms with Crippen molar-refractivity contribution in [1.29, 1.82) is 0 Å². The number of ether oxygens (including phenoxy) is 1. The highest BCUT2D eigenvalue weighted by Gasteiger charge is 2.19. The fourth-order valence-electron chi connectivity index (χ4n) is 2.09. The molecule has 1 N–H and O–H groups in total. The quantitative estimate of drug-likeness (QED) is 0.826. The van der Waals surface area contributed by atoms with Crippen LogP contribution in [0.5, 0.6) is 5.75 Å². The van der Waals surface area contributed by atoms with Crippen LogP contribution in [0.3, 0.4) is 0 Å². The summed E-state index contributed by atoms with van der Waals surface area (Å²) in [6, 6.07) is 7.92. The molecule has 0 bridgehead atoms. The molecule has 0 aliphatic rings. The molecule has 1 unspecified atom stereocenters. The van der Waals surface area contributed by atoms with Crippen molar-refractivity contribution in [2.24, 2.45) is 0 Å². The van der Waals surface area contributed by atoms with E-state index in [0.29, 0.717) is 22.4 Å². The first-order valence-electron chi connectivity index (χ1n) is 6.42. The third-order valence-electron chi connectivity index (χ3n) is 3.00. The van der Waals surface area contributed by atoms with E-state index in [1.807, 2.05) is 20.0 Å². The predicted octanol–water partition coefficient (Wildman–Crippen LogP) is 5.07. The Morgan fingerprint density at radius 1 is 1.25 bits per heavy atom. The van der Waals surface area contributed by atoms with Gasteiger partial charge in [0.15, 0.2) is 0 Å². The molecule has 1 aromatic heterocycles. The molecular weight excluding hydrogens is 313 g/mol. The molecule has 0 amide bonds. The van der Waals surface area contributed by atoms with Crippen molar-refractivity contribution >= 4 is 34.5 Å². The molecule has 2 rings (SSSR count). The van der Waals surface area contributed by atoms with Gasteiger partial charge in [-0.3, -0.25) is 0 Å². The minimum atomic E-state index is 0.0365. The molecule has 5 heteroatoms. The fraction of sp³-hybridized carbons (Fsp3) is 0.333. The Bertz CT molecular complexity index is 598. The lowest BCUT2D eigenvalue weighted by Crippen LogP contribution is -2.17. The van der Waals surface area contributed by atoms with Crippen LogP contribution in [-0.2, 0) is 0 Å². The van der Waals surface area contributed by atoms with E-state index in [1.165, 1.54) is 9.75 Å². The number of rotatable bonds is 5. The van der Waals surface area contributed by atoms with Crippen LogP contribution in [0.15, 0.2) is 24.3 Å². The van der Waals surface area contributed by atoms with E-state index in [9.17, 15) is 0 Å². The molecule has 0 fully saturated rings. The number of aryl methyl sites for hydroxylation is 1. The molecule has 108 valence electrons. The molecule has 2 aromatic rings. The molecule has 1 heterocycles. The molecule has 0 aliphatic carbocycles. The lowest BCUT2D eigenvalue weighted by atomic mass is 10.1. The van der Waals surface area contributed by atoms with Crippen molar-refractivity contribution < 1.29 is 4.74 Å². The van der Waals surface area contributed by atoms with E-state index in [0.717, 1.165) is 5.56 Å². The smallest absolute Gasteiger partial charge is 0.139 e. The number of hydrogen-bond acceptors (Lipinski definition) is 3. The molecule has 1 atom stereocenters. The molecule has 2 nitrogen and oxygen atoms in total. The second kappa shape index (κ2) is 6.81. The van der Waals surface area contributed by atoms with E-state index in [2.05, 4.69) is 24.4 Å². The van der Waals surface area contributed by atoms with Gasteiger partial charge in [-0.1, -0.05) is 23.2 Å². The van der Waals surface area contributed by atoms with Gasteiger partial charge in [-0.05, 0) is 44.7 Å². The zero-order chi connectivity index (χ0) is 14.7. The summed E-state index contributed by atoms with van der Waals surface area (Å²) in [6.07, 6.45) is 0. The Hall–Kier alpha value is -0.740. The molecule has 0 saturated carbocycles. The van der Waals surface area contributed by atoms with Gasteiger partial charge >= 0.3 is 0 Å². The third-order valence-corrected chi connectivity index (χ3v) is 4.68. The van der Waals surface area contributed by atoms with Crippen molar-refractivity contribution in [1.82, 2.24) is 5.32 Å². The first-order valence-corrected chi connectivity index (χ1v) is 7.99. The summed E-state index contributed by atoms with van der Waals surface area (Å²) in [7, 11) is 1.92. The summed E-state index contributed by atoms with van der Waals surface area (Å²) in [5.74, 6) is 0.625. The van der Waals surface area contributed by atoms with Gasteiger partial charge in [-0.15, -0.1) is 11.3 Å². The maximum atomic E-state index is 6.39. The van der Waals surface area contributed by atoms with Crippen LogP contribution < -0.4 is 10.1 Å². The summed E-state index contributed by atoms with van der Waals surface area (Å²) in [5, 5.41) is 4.53. The van der Waals surface area contributed by atoms with Crippen LogP contribution in [0, 0.1) is 6.92 Å². The minimum Gasteiger partial charge on any atom is -0.492 e. The largest absolute Gasteiger partial charge is 0.492 e. The van der Waals surface area contributed by atoms with Crippen molar-refractivity contribution in [3.8, 4) is 5.75 Å². The van der Waals surface area contributed by atoms with Gasteiger partial charge < -0.3 is 10.1 Å². The molecule has 0 saturated heterocycles. The lowest BCUT2D eigenvalue weighted by molar-refractivity contribution is 0.340. The Morgan fingerprint density at radius 3 is 2.55 bits per heavy atom. The summed E-state index contributed by atoms with van der Waals surface area (Å²) < 4.78 is 5.46. The normalized spacial score (nSPS) is 12.4. The van der Waals surface area contributed by atoms with Gasteiger partial charge in [-0.25, -0.2) is 0 Å². The van der Waals surface area contributed by atoms with Gasteiger partial charge in [0, 0.05) is 20.8 Å². The number of benzene rings is 1. The maximum Gasteiger partial charge on any atom is 0.139 e. The highest BCUT2D eigenvalue weighted by molar-refractivity contribution is 7.12. The highest BCUT2D eigenvalue weighted by Crippen LogP contribution is 2.37. The Balaban J connectivity index is 2.42. The number of nitrogens with one attached hydrogen (secondary N) is 1. The van der Waals surface area contributed by atoms with Gasteiger partial charge in [-0.2, -0.15) is 0 Å². The predicted molar refractivity (Wildman–Crippen MR) is 87.6 cm³/mol. The molecule has 1 aromatic carbocycles. The fourth-order valence-corrected chi connectivity index (χ4v) is 3.59. The Labute approximate surface area is 133 Å². The Morgan fingerprint density at radius 2 is 2.00 bits per heavy atom. The van der Waals surface area contributed by atoms with E-state index < -0.39 is 0 Å². The average Bonchev–Trinajstić information content (AvgIpc) is 2.83. The number of thiophene rings is 1.